The third kappa shape index (κ3) is 4.14. The second-order valence-electron chi connectivity index (χ2n) is 6.06. The van der Waals surface area contributed by atoms with E-state index >= 15 is 0 Å². The molecule has 1 N–H and O–H groups in total. The van der Waals surface area contributed by atoms with Gasteiger partial charge < -0.3 is 9.84 Å². The summed E-state index contributed by atoms with van der Waals surface area (Å²) >= 11 is 0. The Morgan fingerprint density at radius 3 is 2.46 bits per heavy atom. The van der Waals surface area contributed by atoms with Crippen molar-refractivity contribution in [2.45, 2.75) is 6.42 Å². The molecule has 4 aromatic rings. The molecule has 0 fully saturated rings. The van der Waals surface area contributed by atoms with E-state index in [4.69, 9.17) is 9.84 Å². The first kappa shape index (κ1) is 17.7. The highest BCUT2D eigenvalue weighted by Gasteiger charge is 2.10. The van der Waals surface area contributed by atoms with Gasteiger partial charge in [-0.05, 0) is 54.3 Å². The predicted molar refractivity (Wildman–Crippen MR) is 107 cm³/mol. The Bertz CT molecular complexity index is 1150. The van der Waals surface area contributed by atoms with Crippen LogP contribution in [0.2, 0.25) is 0 Å². The van der Waals surface area contributed by atoms with E-state index in [0.717, 1.165) is 11.1 Å². The van der Waals surface area contributed by atoms with Crippen molar-refractivity contribution in [2.24, 2.45) is 0 Å². The Balaban J connectivity index is 1.72. The van der Waals surface area contributed by atoms with Crippen molar-refractivity contribution in [1.82, 2.24) is 15.0 Å². The molecule has 5 nitrogen and oxygen atoms in total. The number of hydrogen-bond donors (Lipinski definition) is 1. The lowest BCUT2D eigenvalue weighted by atomic mass is 10.1. The first-order valence-corrected chi connectivity index (χ1v) is 8.89. The minimum absolute atomic E-state index is 0.114. The van der Waals surface area contributed by atoms with Crippen LogP contribution in [-0.4, -0.2) is 26.7 Å². The van der Waals surface area contributed by atoms with Crippen molar-refractivity contribution in [3.05, 3.63) is 89.7 Å². The Kier molecular flexibility index (Phi) is 5.23. The molecule has 136 valence electrons. The summed E-state index contributed by atoms with van der Waals surface area (Å²) in [6.45, 7) is 0.114. The van der Waals surface area contributed by atoms with Gasteiger partial charge in [0, 0.05) is 18.4 Å². The van der Waals surface area contributed by atoms with Crippen molar-refractivity contribution in [3.63, 3.8) is 0 Å². The smallest absolute Gasteiger partial charge is 0.255 e. The lowest BCUT2D eigenvalue weighted by Crippen LogP contribution is -1.98. The van der Waals surface area contributed by atoms with Gasteiger partial charge in [-0.25, -0.2) is 15.0 Å². The van der Waals surface area contributed by atoms with Gasteiger partial charge in [0.05, 0.1) is 0 Å². The lowest BCUT2D eigenvalue weighted by Gasteiger charge is -2.08. The third-order valence-corrected chi connectivity index (χ3v) is 4.05. The van der Waals surface area contributed by atoms with E-state index in [1.54, 1.807) is 12.3 Å². The summed E-state index contributed by atoms with van der Waals surface area (Å²) < 4.78 is 5.97. The van der Waals surface area contributed by atoms with Crippen LogP contribution in [0.15, 0.2) is 72.9 Å². The maximum absolute atomic E-state index is 9.04. The monoisotopic (exact) mass is 367 g/mol. The van der Waals surface area contributed by atoms with Crippen LogP contribution >= 0.6 is 0 Å². The summed E-state index contributed by atoms with van der Waals surface area (Å²) in [4.78, 5) is 13.3. The van der Waals surface area contributed by atoms with Crippen LogP contribution in [0.5, 0.6) is 11.6 Å². The first-order chi connectivity index (χ1) is 13.8. The standard InChI is InChI=1S/C23H17N3O2/c27-16-14-18-8-11-19(12-9-18)28-23-21(13-10-17-5-2-1-3-6-17)25-22-20(26-23)7-4-15-24-22/h1-9,11-12,15,27H,14,16H2. The third-order valence-electron chi connectivity index (χ3n) is 4.05. The van der Waals surface area contributed by atoms with E-state index in [1.807, 2.05) is 60.7 Å². The molecule has 0 aliphatic rings. The van der Waals surface area contributed by atoms with Crippen molar-refractivity contribution in [3.8, 4) is 23.5 Å². The van der Waals surface area contributed by atoms with Crippen molar-refractivity contribution in [2.75, 3.05) is 6.61 Å². The van der Waals surface area contributed by atoms with Crippen LogP contribution in [0, 0.1) is 11.8 Å². The Morgan fingerprint density at radius 1 is 0.857 bits per heavy atom. The highest BCUT2D eigenvalue weighted by molar-refractivity contribution is 5.71. The zero-order valence-corrected chi connectivity index (χ0v) is 15.0. The fourth-order valence-electron chi connectivity index (χ4n) is 2.65. The zero-order chi connectivity index (χ0) is 19.2. The maximum Gasteiger partial charge on any atom is 0.255 e. The van der Waals surface area contributed by atoms with Crippen LogP contribution in [-0.2, 0) is 6.42 Å². The van der Waals surface area contributed by atoms with Gasteiger partial charge in [-0.1, -0.05) is 36.3 Å². The van der Waals surface area contributed by atoms with Crippen LogP contribution in [0.25, 0.3) is 11.2 Å². The summed E-state index contributed by atoms with van der Waals surface area (Å²) in [7, 11) is 0. The van der Waals surface area contributed by atoms with Gasteiger partial charge in [0.15, 0.2) is 11.3 Å². The van der Waals surface area contributed by atoms with Crippen molar-refractivity contribution in [1.29, 1.82) is 0 Å². The summed E-state index contributed by atoms with van der Waals surface area (Å²) in [6, 6.07) is 20.8. The molecule has 0 saturated heterocycles. The molecule has 0 radical (unpaired) electrons. The number of ether oxygens (including phenoxy) is 1. The zero-order valence-electron chi connectivity index (χ0n) is 15.0. The van der Waals surface area contributed by atoms with Crippen LogP contribution in [0.4, 0.5) is 0 Å². The number of aliphatic hydroxyl groups excluding tert-OH is 1. The molecular weight excluding hydrogens is 350 g/mol. The van der Waals surface area contributed by atoms with Gasteiger partial charge in [-0.2, -0.15) is 0 Å². The largest absolute Gasteiger partial charge is 0.437 e. The SMILES string of the molecule is OCCc1ccc(Oc2nc3cccnc3nc2C#Cc2ccccc2)cc1. The molecule has 2 aromatic carbocycles. The average molecular weight is 367 g/mol. The molecule has 0 aliphatic carbocycles. The van der Waals surface area contributed by atoms with Gasteiger partial charge in [-0.15, -0.1) is 0 Å². The molecule has 0 aliphatic heterocycles. The van der Waals surface area contributed by atoms with Crippen LogP contribution in [0.1, 0.15) is 16.8 Å². The molecule has 4 rings (SSSR count). The molecule has 0 spiro atoms. The number of hydrogen-bond acceptors (Lipinski definition) is 5. The molecule has 28 heavy (non-hydrogen) atoms. The van der Waals surface area contributed by atoms with Gasteiger partial charge in [0.1, 0.15) is 11.3 Å². The normalized spacial score (nSPS) is 10.3. The van der Waals surface area contributed by atoms with Crippen LogP contribution in [0.3, 0.4) is 0 Å². The summed E-state index contributed by atoms with van der Waals surface area (Å²) in [5.41, 5.74) is 3.50. The second-order valence-corrected chi connectivity index (χ2v) is 6.06. The van der Waals surface area contributed by atoms with Crippen molar-refractivity contribution < 1.29 is 9.84 Å². The number of aromatic nitrogens is 3. The summed E-state index contributed by atoms with van der Waals surface area (Å²) in [6.07, 6.45) is 2.28. The number of nitrogens with zero attached hydrogens (tertiary/aromatic N) is 3. The highest BCUT2D eigenvalue weighted by Crippen LogP contribution is 2.24. The fourth-order valence-corrected chi connectivity index (χ4v) is 2.65. The molecule has 2 heterocycles. The fraction of sp³-hybridized carbons (Fsp3) is 0.0870. The summed E-state index contributed by atoms with van der Waals surface area (Å²) in [5.74, 6) is 7.10. The van der Waals surface area contributed by atoms with Gasteiger partial charge >= 0.3 is 0 Å². The molecule has 0 saturated carbocycles. The van der Waals surface area contributed by atoms with Crippen LogP contribution < -0.4 is 4.74 Å². The Labute approximate surface area is 162 Å². The van der Waals surface area contributed by atoms with E-state index in [-0.39, 0.29) is 6.61 Å². The number of fused-ring (bicyclic) bond motifs is 1. The van der Waals surface area contributed by atoms with Gasteiger partial charge in [0.2, 0.25) is 0 Å². The number of aliphatic hydroxyl groups is 1. The average Bonchev–Trinajstić information content (AvgIpc) is 2.74. The molecule has 5 heteroatoms. The van der Waals surface area contributed by atoms with E-state index in [2.05, 4.69) is 26.8 Å². The molecule has 2 aromatic heterocycles. The number of benzene rings is 2. The molecule has 0 atom stereocenters. The molecule has 0 bridgehead atoms. The maximum atomic E-state index is 9.04. The number of pyridine rings is 1. The lowest BCUT2D eigenvalue weighted by molar-refractivity contribution is 0.299. The minimum Gasteiger partial charge on any atom is -0.437 e. The van der Waals surface area contributed by atoms with Crippen molar-refractivity contribution >= 4 is 11.2 Å². The van der Waals surface area contributed by atoms with Gasteiger partial charge in [-0.3, -0.25) is 0 Å². The quantitative estimate of drug-likeness (QED) is 0.557. The molecule has 0 unspecified atom stereocenters. The van der Waals surface area contributed by atoms with E-state index in [9.17, 15) is 0 Å². The van der Waals surface area contributed by atoms with E-state index < -0.39 is 0 Å². The highest BCUT2D eigenvalue weighted by atomic mass is 16.5. The van der Waals surface area contributed by atoms with Gasteiger partial charge in [0.25, 0.3) is 5.88 Å². The second kappa shape index (κ2) is 8.30. The molecular formula is C23H17N3O2. The number of rotatable bonds is 4. The predicted octanol–water partition coefficient (Wildman–Crippen LogP) is 3.75. The minimum atomic E-state index is 0.114. The molecule has 0 amide bonds. The summed E-state index contributed by atoms with van der Waals surface area (Å²) in [5, 5.41) is 9.04. The van der Waals surface area contributed by atoms with E-state index in [1.165, 1.54) is 0 Å². The Hall–Kier alpha value is -3.75. The topological polar surface area (TPSA) is 68.1 Å². The van der Waals surface area contributed by atoms with E-state index in [0.29, 0.717) is 34.9 Å². The first-order valence-electron chi connectivity index (χ1n) is 8.89. The Morgan fingerprint density at radius 2 is 1.68 bits per heavy atom.